The summed E-state index contributed by atoms with van der Waals surface area (Å²) < 4.78 is 10.5. The molecule has 1 amide bonds. The van der Waals surface area contributed by atoms with Crippen molar-refractivity contribution < 1.29 is 19.2 Å². The van der Waals surface area contributed by atoms with Gasteiger partial charge in [0.15, 0.2) is 5.75 Å². The number of anilines is 2. The molecule has 0 aliphatic carbocycles. The van der Waals surface area contributed by atoms with Crippen molar-refractivity contribution in [1.29, 1.82) is 0 Å². The van der Waals surface area contributed by atoms with Crippen LogP contribution in [0.15, 0.2) is 42.5 Å². The SMILES string of the molecule is COc1cc(C(=O)N(C)c2ccccc2N2CCOCC2)ccc1[N+](=O)[O-]. The number of carbonyl (C=O) groups excluding carboxylic acids is 1. The Kier molecular flexibility index (Phi) is 5.56. The predicted molar refractivity (Wildman–Crippen MR) is 102 cm³/mol. The van der Waals surface area contributed by atoms with Gasteiger partial charge in [0, 0.05) is 37.8 Å². The molecule has 0 aromatic heterocycles. The van der Waals surface area contributed by atoms with Crippen molar-refractivity contribution in [3.8, 4) is 5.75 Å². The van der Waals surface area contributed by atoms with Gasteiger partial charge in [-0.15, -0.1) is 0 Å². The first-order valence-corrected chi connectivity index (χ1v) is 8.55. The van der Waals surface area contributed by atoms with Crippen molar-refractivity contribution in [1.82, 2.24) is 0 Å². The minimum Gasteiger partial charge on any atom is -0.490 e. The zero-order chi connectivity index (χ0) is 19.4. The van der Waals surface area contributed by atoms with E-state index in [1.807, 2.05) is 24.3 Å². The van der Waals surface area contributed by atoms with E-state index in [0.717, 1.165) is 24.5 Å². The Morgan fingerprint density at radius 1 is 1.22 bits per heavy atom. The van der Waals surface area contributed by atoms with Crippen LogP contribution in [-0.2, 0) is 4.74 Å². The van der Waals surface area contributed by atoms with Gasteiger partial charge in [0.1, 0.15) is 0 Å². The summed E-state index contributed by atoms with van der Waals surface area (Å²) in [6.45, 7) is 2.80. The van der Waals surface area contributed by atoms with Crippen LogP contribution in [-0.4, -0.2) is 51.3 Å². The average molecular weight is 371 g/mol. The first kappa shape index (κ1) is 18.7. The Balaban J connectivity index is 1.91. The van der Waals surface area contributed by atoms with Crippen LogP contribution >= 0.6 is 0 Å². The van der Waals surface area contributed by atoms with Gasteiger partial charge in [-0.2, -0.15) is 0 Å². The van der Waals surface area contributed by atoms with Crippen LogP contribution in [0.2, 0.25) is 0 Å². The summed E-state index contributed by atoms with van der Waals surface area (Å²) in [5, 5.41) is 11.1. The van der Waals surface area contributed by atoms with Gasteiger partial charge in [-0.3, -0.25) is 14.9 Å². The number of hydrogen-bond donors (Lipinski definition) is 0. The maximum atomic E-state index is 13.0. The van der Waals surface area contributed by atoms with Crippen LogP contribution in [0, 0.1) is 10.1 Å². The maximum absolute atomic E-state index is 13.0. The van der Waals surface area contributed by atoms with Crippen LogP contribution < -0.4 is 14.5 Å². The lowest BCUT2D eigenvalue weighted by molar-refractivity contribution is -0.385. The van der Waals surface area contributed by atoms with Gasteiger partial charge in [0.05, 0.1) is 36.6 Å². The highest BCUT2D eigenvalue weighted by Gasteiger charge is 2.23. The zero-order valence-electron chi connectivity index (χ0n) is 15.3. The molecular weight excluding hydrogens is 350 g/mol. The van der Waals surface area contributed by atoms with Crippen molar-refractivity contribution in [2.75, 3.05) is 50.3 Å². The summed E-state index contributed by atoms with van der Waals surface area (Å²) in [6, 6.07) is 11.8. The molecule has 1 fully saturated rings. The van der Waals surface area contributed by atoms with Crippen molar-refractivity contribution in [3.05, 3.63) is 58.1 Å². The average Bonchev–Trinajstić information content (AvgIpc) is 2.72. The fraction of sp³-hybridized carbons (Fsp3) is 0.316. The molecule has 0 radical (unpaired) electrons. The number of rotatable bonds is 5. The molecule has 1 heterocycles. The number of methoxy groups -OCH3 is 1. The second-order valence-electron chi connectivity index (χ2n) is 6.10. The maximum Gasteiger partial charge on any atom is 0.310 e. The second kappa shape index (κ2) is 8.05. The Bertz CT molecular complexity index is 849. The van der Waals surface area contributed by atoms with E-state index in [1.54, 1.807) is 11.9 Å². The number of morpholine rings is 1. The third-order valence-corrected chi connectivity index (χ3v) is 4.52. The molecule has 1 aliphatic rings. The topological polar surface area (TPSA) is 85.2 Å². The first-order valence-electron chi connectivity index (χ1n) is 8.55. The normalized spacial score (nSPS) is 13.9. The monoisotopic (exact) mass is 371 g/mol. The molecule has 1 aliphatic heterocycles. The van der Waals surface area contributed by atoms with E-state index in [4.69, 9.17) is 9.47 Å². The lowest BCUT2D eigenvalue weighted by Crippen LogP contribution is -2.38. The molecule has 0 atom stereocenters. The van der Waals surface area contributed by atoms with Crippen LogP contribution in [0.4, 0.5) is 17.1 Å². The Morgan fingerprint density at radius 2 is 1.93 bits per heavy atom. The lowest BCUT2D eigenvalue weighted by Gasteiger charge is -2.32. The molecule has 2 aromatic rings. The molecule has 0 bridgehead atoms. The van der Waals surface area contributed by atoms with Gasteiger partial charge < -0.3 is 19.3 Å². The van der Waals surface area contributed by atoms with Gasteiger partial charge in [-0.05, 0) is 18.2 Å². The summed E-state index contributed by atoms with van der Waals surface area (Å²) in [5.74, 6) is -0.218. The molecular formula is C19H21N3O5. The van der Waals surface area contributed by atoms with Gasteiger partial charge in [-0.25, -0.2) is 0 Å². The molecule has 0 N–H and O–H groups in total. The molecule has 0 saturated carbocycles. The lowest BCUT2D eigenvalue weighted by atomic mass is 10.1. The van der Waals surface area contributed by atoms with E-state index >= 15 is 0 Å². The minimum atomic E-state index is -0.537. The van der Waals surface area contributed by atoms with Gasteiger partial charge >= 0.3 is 5.69 Å². The summed E-state index contributed by atoms with van der Waals surface area (Å²) >= 11 is 0. The number of nitro groups is 1. The molecule has 27 heavy (non-hydrogen) atoms. The number of nitro benzene ring substituents is 1. The smallest absolute Gasteiger partial charge is 0.310 e. The summed E-state index contributed by atoms with van der Waals surface area (Å²) in [5.41, 5.74) is 1.86. The number of carbonyl (C=O) groups is 1. The Morgan fingerprint density at radius 3 is 2.59 bits per heavy atom. The number of amides is 1. The van der Waals surface area contributed by atoms with E-state index in [1.165, 1.54) is 25.3 Å². The molecule has 142 valence electrons. The van der Waals surface area contributed by atoms with Crippen molar-refractivity contribution in [2.45, 2.75) is 0 Å². The van der Waals surface area contributed by atoms with Crippen molar-refractivity contribution in [2.24, 2.45) is 0 Å². The molecule has 3 rings (SSSR count). The van der Waals surface area contributed by atoms with E-state index < -0.39 is 4.92 Å². The summed E-state index contributed by atoms with van der Waals surface area (Å²) in [4.78, 5) is 27.2. The van der Waals surface area contributed by atoms with Crippen LogP contribution in [0.1, 0.15) is 10.4 Å². The molecule has 8 nitrogen and oxygen atoms in total. The largest absolute Gasteiger partial charge is 0.490 e. The number of benzene rings is 2. The number of hydrogen-bond acceptors (Lipinski definition) is 6. The van der Waals surface area contributed by atoms with E-state index in [9.17, 15) is 14.9 Å². The van der Waals surface area contributed by atoms with E-state index in [-0.39, 0.29) is 17.3 Å². The highest BCUT2D eigenvalue weighted by molar-refractivity contribution is 6.07. The fourth-order valence-electron chi connectivity index (χ4n) is 3.08. The molecule has 2 aromatic carbocycles. The fourth-order valence-corrected chi connectivity index (χ4v) is 3.08. The third kappa shape index (κ3) is 3.85. The van der Waals surface area contributed by atoms with Gasteiger partial charge in [0.2, 0.25) is 0 Å². The number of nitrogens with zero attached hydrogens (tertiary/aromatic N) is 3. The Hall–Kier alpha value is -3.13. The molecule has 0 spiro atoms. The molecule has 8 heteroatoms. The van der Waals surface area contributed by atoms with E-state index in [0.29, 0.717) is 18.8 Å². The van der Waals surface area contributed by atoms with E-state index in [2.05, 4.69) is 4.90 Å². The zero-order valence-corrected chi connectivity index (χ0v) is 15.3. The third-order valence-electron chi connectivity index (χ3n) is 4.52. The highest BCUT2D eigenvalue weighted by Crippen LogP contribution is 2.32. The van der Waals surface area contributed by atoms with Gasteiger partial charge in [-0.1, -0.05) is 12.1 Å². The highest BCUT2D eigenvalue weighted by atomic mass is 16.6. The standard InChI is InChI=1S/C19H21N3O5/c1-20(15-5-3-4-6-16(15)21-9-11-27-12-10-21)19(23)14-7-8-17(22(24)25)18(13-14)26-2/h3-8,13H,9-12H2,1-2H3. The summed E-state index contributed by atoms with van der Waals surface area (Å²) in [6.07, 6.45) is 0. The number of ether oxygens (including phenoxy) is 2. The number of para-hydroxylation sites is 2. The Labute approximate surface area is 157 Å². The van der Waals surface area contributed by atoms with Crippen LogP contribution in [0.3, 0.4) is 0 Å². The quantitative estimate of drug-likeness (QED) is 0.593. The first-order chi connectivity index (χ1) is 13.0. The molecule has 1 saturated heterocycles. The van der Waals surface area contributed by atoms with Gasteiger partial charge in [0.25, 0.3) is 5.91 Å². The van der Waals surface area contributed by atoms with Crippen molar-refractivity contribution in [3.63, 3.8) is 0 Å². The molecule has 0 unspecified atom stereocenters. The van der Waals surface area contributed by atoms with Crippen LogP contribution in [0.5, 0.6) is 5.75 Å². The predicted octanol–water partition coefficient (Wildman–Crippen LogP) is 2.72. The summed E-state index contributed by atoms with van der Waals surface area (Å²) in [7, 11) is 3.03. The van der Waals surface area contributed by atoms with Crippen molar-refractivity contribution >= 4 is 23.0 Å². The second-order valence-corrected chi connectivity index (χ2v) is 6.10. The minimum absolute atomic E-state index is 0.0562. The van der Waals surface area contributed by atoms with Crippen LogP contribution in [0.25, 0.3) is 0 Å².